The van der Waals surface area contributed by atoms with Gasteiger partial charge in [-0.05, 0) is 0 Å². The molecule has 0 aliphatic carbocycles. The highest BCUT2D eigenvalue weighted by atomic mass is 31.0. The summed E-state index contributed by atoms with van der Waals surface area (Å²) in [5, 5.41) is 0. The molecule has 0 fully saturated rings. The molecule has 0 radical (unpaired) electrons. The Morgan fingerprint density at radius 2 is 1.11 bits per heavy atom. The van der Waals surface area contributed by atoms with Gasteiger partial charge >= 0.3 is 0 Å². The zero-order chi connectivity index (χ0) is 6.73. The molecule has 0 aromatic carbocycles. The van der Waals surface area contributed by atoms with Gasteiger partial charge in [-0.3, -0.25) is 14.4 Å². The number of hydrogen-bond donors (Lipinski definition) is 0. The minimum atomic E-state index is -0.926. The Kier molecular flexibility index (Phi) is 5.42. The molecular formula is C5H9O3P. The first-order chi connectivity index (χ1) is 3.55. The van der Waals surface area contributed by atoms with Gasteiger partial charge in [-0.15, -0.1) is 0 Å². The molecule has 9 heavy (non-hydrogen) atoms. The van der Waals surface area contributed by atoms with Crippen LogP contribution in [0.15, 0.2) is 0 Å². The lowest BCUT2D eigenvalue weighted by molar-refractivity contribution is -0.142. The second-order valence-electron chi connectivity index (χ2n) is 1.44. The molecule has 0 amide bonds. The Hall–Kier alpha value is -0.560. The molecule has 0 aromatic heterocycles. The molecule has 3 nitrogen and oxygen atoms in total. The third kappa shape index (κ3) is 3.98. The summed E-state index contributed by atoms with van der Waals surface area (Å²) in [6, 6.07) is 0. The van der Waals surface area contributed by atoms with E-state index in [1.165, 1.54) is 0 Å². The number of rotatable bonds is 2. The summed E-state index contributed by atoms with van der Waals surface area (Å²) in [5.74, 6) is -2.32. The summed E-state index contributed by atoms with van der Waals surface area (Å²) in [6.45, 7) is 2.15. The maximum Gasteiger partial charge on any atom is 0.263 e. The molecule has 0 saturated heterocycles. The zero-order valence-electron chi connectivity index (χ0n) is 5.43. The lowest BCUT2D eigenvalue weighted by Crippen LogP contribution is -2.17. The van der Waals surface area contributed by atoms with Crippen LogP contribution in [-0.4, -0.2) is 17.3 Å². The number of carbonyl (C=O) groups excluding carboxylic acids is 3. The lowest BCUT2D eigenvalue weighted by atomic mass is 10.2. The Balaban J connectivity index is 0. The monoisotopic (exact) mass is 148 g/mol. The predicted molar refractivity (Wildman–Crippen MR) is 37.5 cm³/mol. The van der Waals surface area contributed by atoms with Crippen molar-refractivity contribution in [3.05, 3.63) is 0 Å². The van der Waals surface area contributed by atoms with E-state index in [-0.39, 0.29) is 9.90 Å². The summed E-state index contributed by atoms with van der Waals surface area (Å²) in [4.78, 5) is 30.2. The lowest BCUT2D eigenvalue weighted by Gasteiger charge is -1.81. The van der Waals surface area contributed by atoms with Crippen LogP contribution >= 0.6 is 9.90 Å². The molecule has 0 heterocycles. The number of hydrogen-bond acceptors (Lipinski definition) is 3. The van der Waals surface area contributed by atoms with E-state index < -0.39 is 17.3 Å². The first-order valence-electron chi connectivity index (χ1n) is 2.11. The van der Waals surface area contributed by atoms with Gasteiger partial charge in [-0.2, -0.15) is 9.90 Å². The average Bonchev–Trinajstić information content (AvgIpc) is 1.64. The highest BCUT2D eigenvalue weighted by Crippen LogP contribution is 1.75. The molecule has 0 aliphatic heterocycles. The van der Waals surface area contributed by atoms with Crippen LogP contribution in [0.25, 0.3) is 0 Å². The Labute approximate surface area is 56.4 Å². The standard InChI is InChI=1S/C5H6O3.H3P/c1-3(6)5(8)4(2)7;/h1-2H3;1H3. The second kappa shape index (κ2) is 4.33. The van der Waals surface area contributed by atoms with Gasteiger partial charge in [0, 0.05) is 13.8 Å². The van der Waals surface area contributed by atoms with Crippen LogP contribution in [0.3, 0.4) is 0 Å². The molecular weight excluding hydrogens is 139 g/mol. The van der Waals surface area contributed by atoms with Crippen LogP contribution in [0.4, 0.5) is 0 Å². The van der Waals surface area contributed by atoms with Crippen LogP contribution in [-0.2, 0) is 14.4 Å². The van der Waals surface area contributed by atoms with Crippen molar-refractivity contribution in [1.29, 1.82) is 0 Å². The third-order valence-corrected chi connectivity index (χ3v) is 0.640. The average molecular weight is 148 g/mol. The molecule has 4 heteroatoms. The van der Waals surface area contributed by atoms with Crippen LogP contribution in [0.5, 0.6) is 0 Å². The van der Waals surface area contributed by atoms with Crippen LogP contribution in [0.1, 0.15) is 13.8 Å². The maximum absolute atomic E-state index is 10.1. The van der Waals surface area contributed by atoms with E-state index in [0.29, 0.717) is 0 Å². The van der Waals surface area contributed by atoms with Gasteiger partial charge in [0.25, 0.3) is 5.78 Å². The highest BCUT2D eigenvalue weighted by molar-refractivity contribution is 6.92. The molecule has 0 N–H and O–H groups in total. The Morgan fingerprint density at radius 1 is 0.889 bits per heavy atom. The van der Waals surface area contributed by atoms with Crippen molar-refractivity contribution in [3.63, 3.8) is 0 Å². The molecule has 0 spiro atoms. The summed E-state index contributed by atoms with van der Waals surface area (Å²) < 4.78 is 0. The van der Waals surface area contributed by atoms with E-state index in [1.807, 2.05) is 0 Å². The van der Waals surface area contributed by atoms with Crippen molar-refractivity contribution in [2.45, 2.75) is 13.8 Å². The number of ketones is 3. The first kappa shape index (κ1) is 11.3. The Bertz CT molecular complexity index is 134. The van der Waals surface area contributed by atoms with Crippen molar-refractivity contribution < 1.29 is 14.4 Å². The first-order valence-corrected chi connectivity index (χ1v) is 2.11. The van der Waals surface area contributed by atoms with Gasteiger partial charge in [0.1, 0.15) is 0 Å². The summed E-state index contributed by atoms with van der Waals surface area (Å²) in [5.41, 5.74) is 0. The molecule has 0 aromatic rings. The molecule has 1 unspecified atom stereocenters. The zero-order valence-corrected chi connectivity index (χ0v) is 6.85. The van der Waals surface area contributed by atoms with E-state index >= 15 is 0 Å². The topological polar surface area (TPSA) is 51.2 Å². The second-order valence-corrected chi connectivity index (χ2v) is 1.44. The fourth-order valence-corrected chi connectivity index (χ4v) is 0.248. The summed E-state index contributed by atoms with van der Waals surface area (Å²) >= 11 is 0. The van der Waals surface area contributed by atoms with E-state index in [9.17, 15) is 14.4 Å². The smallest absolute Gasteiger partial charge is 0.263 e. The van der Waals surface area contributed by atoms with Crippen LogP contribution < -0.4 is 0 Å². The quantitative estimate of drug-likeness (QED) is 0.309. The molecule has 0 bridgehead atoms. The number of carbonyl (C=O) groups is 3. The van der Waals surface area contributed by atoms with Gasteiger partial charge in [0.2, 0.25) is 11.6 Å². The highest BCUT2D eigenvalue weighted by Gasteiger charge is 2.11. The van der Waals surface area contributed by atoms with Crippen molar-refractivity contribution in [3.8, 4) is 0 Å². The molecule has 0 saturated carbocycles. The van der Waals surface area contributed by atoms with Crippen LogP contribution in [0.2, 0.25) is 0 Å². The van der Waals surface area contributed by atoms with E-state index in [1.54, 1.807) is 0 Å². The minimum absolute atomic E-state index is 0. The molecule has 0 rings (SSSR count). The maximum atomic E-state index is 10.1. The fraction of sp³-hybridized carbons (Fsp3) is 0.400. The fourth-order valence-electron chi connectivity index (χ4n) is 0.248. The molecule has 0 aliphatic rings. The van der Waals surface area contributed by atoms with Crippen molar-refractivity contribution in [2.75, 3.05) is 0 Å². The third-order valence-electron chi connectivity index (χ3n) is 0.640. The van der Waals surface area contributed by atoms with E-state index in [2.05, 4.69) is 0 Å². The summed E-state index contributed by atoms with van der Waals surface area (Å²) in [6.07, 6.45) is 0. The van der Waals surface area contributed by atoms with Gasteiger partial charge in [-0.25, -0.2) is 0 Å². The van der Waals surface area contributed by atoms with Gasteiger partial charge in [0.15, 0.2) is 0 Å². The van der Waals surface area contributed by atoms with E-state index in [0.717, 1.165) is 13.8 Å². The van der Waals surface area contributed by atoms with Gasteiger partial charge in [-0.1, -0.05) is 0 Å². The van der Waals surface area contributed by atoms with E-state index in [4.69, 9.17) is 0 Å². The van der Waals surface area contributed by atoms with Crippen molar-refractivity contribution in [2.24, 2.45) is 0 Å². The Morgan fingerprint density at radius 3 is 1.11 bits per heavy atom. The normalized spacial score (nSPS) is 7.33. The SMILES string of the molecule is CC(=O)C(=O)C(C)=O.P. The number of Topliss-reactive ketones (excluding diaryl/α,β-unsaturated/α-hetero) is 3. The van der Waals surface area contributed by atoms with Crippen molar-refractivity contribution in [1.82, 2.24) is 0 Å². The minimum Gasteiger partial charge on any atom is -0.291 e. The predicted octanol–water partition coefficient (Wildman–Crippen LogP) is -0.208. The van der Waals surface area contributed by atoms with Crippen molar-refractivity contribution >= 4 is 27.2 Å². The summed E-state index contributed by atoms with van der Waals surface area (Å²) in [7, 11) is 0. The van der Waals surface area contributed by atoms with Gasteiger partial charge in [0.05, 0.1) is 0 Å². The molecule has 1 atom stereocenters. The largest absolute Gasteiger partial charge is 0.291 e. The molecule has 52 valence electrons. The van der Waals surface area contributed by atoms with Gasteiger partial charge < -0.3 is 0 Å². The van der Waals surface area contributed by atoms with Crippen LogP contribution in [0, 0.1) is 0 Å².